The first-order chi connectivity index (χ1) is 9.39. The maximum absolute atomic E-state index is 12.4. The van der Waals surface area contributed by atoms with Gasteiger partial charge in [0, 0.05) is 13.1 Å². The molecular weight excluding hydrogens is 278 g/mol. The summed E-state index contributed by atoms with van der Waals surface area (Å²) in [6.45, 7) is 10.5. The SMILES string of the molecule is CC(Sc1nnnn1C(C)(C)C)C(=O)N1CCOCC1. The van der Waals surface area contributed by atoms with Gasteiger partial charge in [0.15, 0.2) is 0 Å². The molecule has 0 spiro atoms. The van der Waals surface area contributed by atoms with Gasteiger partial charge in [0.1, 0.15) is 0 Å². The lowest BCUT2D eigenvalue weighted by atomic mass is 10.1. The molecule has 0 bridgehead atoms. The number of hydrogen-bond donors (Lipinski definition) is 0. The minimum Gasteiger partial charge on any atom is -0.378 e. The molecule has 1 saturated heterocycles. The normalized spacial score (nSPS) is 18.1. The summed E-state index contributed by atoms with van der Waals surface area (Å²) < 4.78 is 7.01. The van der Waals surface area contributed by atoms with Gasteiger partial charge in [0.25, 0.3) is 0 Å². The Kier molecular flexibility index (Phi) is 4.64. The first-order valence-electron chi connectivity index (χ1n) is 6.71. The molecule has 1 aromatic rings. The van der Waals surface area contributed by atoms with Gasteiger partial charge >= 0.3 is 0 Å². The van der Waals surface area contributed by atoms with E-state index in [2.05, 4.69) is 15.5 Å². The van der Waals surface area contributed by atoms with Crippen molar-refractivity contribution in [3.63, 3.8) is 0 Å². The molecule has 2 heterocycles. The van der Waals surface area contributed by atoms with Gasteiger partial charge in [-0.25, -0.2) is 4.68 Å². The number of amides is 1. The second-order valence-corrected chi connectivity index (χ2v) is 7.05. The number of tetrazole rings is 1. The fourth-order valence-electron chi connectivity index (χ4n) is 1.92. The number of thioether (sulfide) groups is 1. The van der Waals surface area contributed by atoms with Crippen molar-refractivity contribution >= 4 is 17.7 Å². The number of ether oxygens (including phenoxy) is 1. The molecular formula is C12H21N5O2S. The Morgan fingerprint density at radius 3 is 2.60 bits per heavy atom. The summed E-state index contributed by atoms with van der Waals surface area (Å²) in [5.74, 6) is 0.113. The Morgan fingerprint density at radius 1 is 1.35 bits per heavy atom. The van der Waals surface area contributed by atoms with E-state index in [0.717, 1.165) is 0 Å². The van der Waals surface area contributed by atoms with Gasteiger partial charge in [-0.1, -0.05) is 11.8 Å². The molecule has 1 fully saturated rings. The van der Waals surface area contributed by atoms with Crippen LogP contribution in [0, 0.1) is 0 Å². The van der Waals surface area contributed by atoms with Crippen LogP contribution in [0.2, 0.25) is 0 Å². The molecule has 1 aliphatic rings. The first-order valence-corrected chi connectivity index (χ1v) is 7.59. The van der Waals surface area contributed by atoms with Gasteiger partial charge in [-0.15, -0.1) is 5.10 Å². The quantitative estimate of drug-likeness (QED) is 0.768. The Morgan fingerprint density at radius 2 is 2.00 bits per heavy atom. The Hall–Kier alpha value is -1.15. The van der Waals surface area contributed by atoms with Crippen LogP contribution in [0.25, 0.3) is 0 Å². The number of carbonyl (C=O) groups excluding carboxylic acids is 1. The minimum absolute atomic E-state index is 0.113. The molecule has 1 unspecified atom stereocenters. The smallest absolute Gasteiger partial charge is 0.236 e. The van der Waals surface area contributed by atoms with Gasteiger partial charge in [-0.05, 0) is 38.1 Å². The predicted octanol–water partition coefficient (Wildman–Crippen LogP) is 0.767. The summed E-state index contributed by atoms with van der Waals surface area (Å²) in [6, 6.07) is 0. The average molecular weight is 299 g/mol. The van der Waals surface area contributed by atoms with Crippen molar-refractivity contribution in [2.24, 2.45) is 0 Å². The van der Waals surface area contributed by atoms with E-state index < -0.39 is 0 Å². The number of aromatic nitrogens is 4. The van der Waals surface area contributed by atoms with Crippen LogP contribution in [0.5, 0.6) is 0 Å². The molecule has 1 atom stereocenters. The molecule has 2 rings (SSSR count). The fraction of sp³-hybridized carbons (Fsp3) is 0.833. The summed E-state index contributed by atoms with van der Waals surface area (Å²) in [5, 5.41) is 12.2. The standard InChI is InChI=1S/C12H21N5O2S/c1-9(10(18)16-5-7-19-8-6-16)20-11-13-14-15-17(11)12(2,3)4/h9H,5-8H2,1-4H3. The number of nitrogens with zero attached hydrogens (tertiary/aromatic N) is 5. The third-order valence-corrected chi connectivity index (χ3v) is 4.05. The molecule has 1 aromatic heterocycles. The maximum Gasteiger partial charge on any atom is 0.236 e. The lowest BCUT2D eigenvalue weighted by molar-refractivity contribution is -0.134. The lowest BCUT2D eigenvalue weighted by Crippen LogP contribution is -2.44. The van der Waals surface area contributed by atoms with Gasteiger partial charge in [-0.2, -0.15) is 0 Å². The topological polar surface area (TPSA) is 73.1 Å². The van der Waals surface area contributed by atoms with Crippen LogP contribution in [-0.2, 0) is 15.1 Å². The number of morpholine rings is 1. The van der Waals surface area contributed by atoms with Gasteiger partial charge in [-0.3, -0.25) is 4.79 Å². The second-order valence-electron chi connectivity index (χ2n) is 5.74. The van der Waals surface area contributed by atoms with Crippen molar-refractivity contribution in [1.82, 2.24) is 25.1 Å². The molecule has 0 radical (unpaired) electrons. The highest BCUT2D eigenvalue weighted by Crippen LogP contribution is 2.26. The molecule has 1 aliphatic heterocycles. The van der Waals surface area contributed by atoms with E-state index in [1.165, 1.54) is 11.8 Å². The minimum atomic E-state index is -0.208. The summed E-state index contributed by atoms with van der Waals surface area (Å²) in [5.41, 5.74) is -0.201. The summed E-state index contributed by atoms with van der Waals surface area (Å²) in [4.78, 5) is 14.2. The van der Waals surface area contributed by atoms with Crippen LogP contribution in [-0.4, -0.2) is 62.6 Å². The largest absolute Gasteiger partial charge is 0.378 e. The number of rotatable bonds is 3. The zero-order valence-electron chi connectivity index (χ0n) is 12.4. The zero-order valence-corrected chi connectivity index (χ0v) is 13.2. The van der Waals surface area contributed by atoms with Crippen molar-refractivity contribution in [3.05, 3.63) is 0 Å². The molecule has 1 amide bonds. The summed E-state index contributed by atoms with van der Waals surface area (Å²) >= 11 is 1.40. The fourth-order valence-corrected chi connectivity index (χ4v) is 2.98. The second kappa shape index (κ2) is 6.09. The third kappa shape index (κ3) is 3.49. The summed E-state index contributed by atoms with van der Waals surface area (Å²) in [6.07, 6.45) is 0. The van der Waals surface area contributed by atoms with E-state index in [1.54, 1.807) is 4.68 Å². The van der Waals surface area contributed by atoms with E-state index in [0.29, 0.717) is 31.5 Å². The molecule has 7 nitrogen and oxygen atoms in total. The van der Waals surface area contributed by atoms with Crippen LogP contribution in [0.4, 0.5) is 0 Å². The van der Waals surface area contributed by atoms with Crippen molar-refractivity contribution in [1.29, 1.82) is 0 Å². The first kappa shape index (κ1) is 15.2. The number of carbonyl (C=O) groups is 1. The third-order valence-electron chi connectivity index (χ3n) is 3.03. The van der Waals surface area contributed by atoms with E-state index in [4.69, 9.17) is 4.74 Å². The van der Waals surface area contributed by atoms with E-state index >= 15 is 0 Å². The zero-order chi connectivity index (χ0) is 14.8. The van der Waals surface area contributed by atoms with Crippen molar-refractivity contribution in [3.8, 4) is 0 Å². The molecule has 8 heteroatoms. The van der Waals surface area contributed by atoms with Crippen LogP contribution < -0.4 is 0 Å². The number of hydrogen-bond acceptors (Lipinski definition) is 6. The molecule has 0 saturated carbocycles. The molecule has 20 heavy (non-hydrogen) atoms. The Labute approximate surface area is 123 Å². The Balaban J connectivity index is 2.02. The molecule has 0 aliphatic carbocycles. The highest BCUT2D eigenvalue weighted by Gasteiger charge is 2.27. The van der Waals surface area contributed by atoms with Crippen LogP contribution >= 0.6 is 11.8 Å². The van der Waals surface area contributed by atoms with E-state index in [1.807, 2.05) is 32.6 Å². The predicted molar refractivity (Wildman–Crippen MR) is 75.5 cm³/mol. The monoisotopic (exact) mass is 299 g/mol. The van der Waals surface area contributed by atoms with E-state index in [-0.39, 0.29) is 16.7 Å². The van der Waals surface area contributed by atoms with Crippen LogP contribution in [0.3, 0.4) is 0 Å². The van der Waals surface area contributed by atoms with Gasteiger partial charge in [0.05, 0.1) is 24.0 Å². The van der Waals surface area contributed by atoms with Crippen LogP contribution in [0.1, 0.15) is 27.7 Å². The average Bonchev–Trinajstić information content (AvgIpc) is 2.87. The van der Waals surface area contributed by atoms with Crippen molar-refractivity contribution in [2.45, 2.75) is 43.6 Å². The van der Waals surface area contributed by atoms with Gasteiger partial charge in [0.2, 0.25) is 11.1 Å². The molecule has 112 valence electrons. The lowest BCUT2D eigenvalue weighted by Gasteiger charge is -2.29. The van der Waals surface area contributed by atoms with Crippen molar-refractivity contribution in [2.75, 3.05) is 26.3 Å². The highest BCUT2D eigenvalue weighted by atomic mass is 32.2. The van der Waals surface area contributed by atoms with Crippen LogP contribution in [0.15, 0.2) is 5.16 Å². The Bertz CT molecular complexity index is 465. The molecule has 0 N–H and O–H groups in total. The maximum atomic E-state index is 12.4. The van der Waals surface area contributed by atoms with Crippen molar-refractivity contribution < 1.29 is 9.53 Å². The molecule has 0 aromatic carbocycles. The summed E-state index contributed by atoms with van der Waals surface area (Å²) in [7, 11) is 0. The highest BCUT2D eigenvalue weighted by molar-refractivity contribution is 8.00. The van der Waals surface area contributed by atoms with E-state index in [9.17, 15) is 4.79 Å². The van der Waals surface area contributed by atoms with Gasteiger partial charge < -0.3 is 9.64 Å².